The first-order chi connectivity index (χ1) is 13.8. The fourth-order valence-electron chi connectivity index (χ4n) is 5.16. The fraction of sp³-hybridized carbons (Fsp3) is 0.727. The molecule has 3 heterocycles. The minimum absolute atomic E-state index is 0.314. The number of ether oxygens (including phenoxy) is 2. The Morgan fingerprint density at radius 3 is 2.69 bits per heavy atom. The summed E-state index contributed by atoms with van der Waals surface area (Å²) in [7, 11) is -3.14. The highest BCUT2D eigenvalue weighted by atomic mass is 32.2. The molecule has 1 aromatic rings. The largest absolute Gasteiger partial charge is 0.454 e. The average Bonchev–Trinajstić information content (AvgIpc) is 3.15. The van der Waals surface area contributed by atoms with Crippen molar-refractivity contribution in [3.8, 4) is 11.5 Å². The lowest BCUT2D eigenvalue weighted by Crippen LogP contribution is -2.56. The van der Waals surface area contributed by atoms with Gasteiger partial charge in [-0.25, -0.2) is 12.7 Å². The monoisotopic (exact) mass is 422 g/mol. The number of sulfonamides is 1. The number of benzene rings is 1. The van der Waals surface area contributed by atoms with Crippen LogP contribution in [0.15, 0.2) is 18.2 Å². The maximum Gasteiger partial charge on any atom is 0.231 e. The molecular weight excluding hydrogens is 388 g/mol. The molecule has 0 amide bonds. The Kier molecular flexibility index (Phi) is 6.09. The third-order valence-corrected chi connectivity index (χ3v) is 8.91. The molecular formula is C22H34N2O4S. The Morgan fingerprint density at radius 2 is 1.90 bits per heavy atom. The van der Waals surface area contributed by atoms with Crippen LogP contribution in [0.1, 0.15) is 45.6 Å². The van der Waals surface area contributed by atoms with E-state index in [9.17, 15) is 8.42 Å². The molecule has 2 fully saturated rings. The van der Waals surface area contributed by atoms with Crippen LogP contribution in [0, 0.1) is 11.8 Å². The van der Waals surface area contributed by atoms with Gasteiger partial charge in [0.25, 0.3) is 0 Å². The Labute approximate surface area is 175 Å². The summed E-state index contributed by atoms with van der Waals surface area (Å²) in [5, 5.41) is -0.333. The minimum Gasteiger partial charge on any atom is -0.454 e. The summed E-state index contributed by atoms with van der Waals surface area (Å²) in [6.07, 6.45) is 4.26. The van der Waals surface area contributed by atoms with Crippen LogP contribution in [0.2, 0.25) is 0 Å². The van der Waals surface area contributed by atoms with Gasteiger partial charge in [0, 0.05) is 25.7 Å². The third-order valence-electron chi connectivity index (χ3n) is 6.67. The smallest absolute Gasteiger partial charge is 0.231 e. The number of likely N-dealkylation sites (tertiary alicyclic amines) is 1. The normalized spacial score (nSPS) is 26.5. The van der Waals surface area contributed by atoms with Crippen LogP contribution in [0.25, 0.3) is 0 Å². The topological polar surface area (TPSA) is 59.1 Å². The van der Waals surface area contributed by atoms with E-state index >= 15 is 0 Å². The molecule has 7 heteroatoms. The van der Waals surface area contributed by atoms with Gasteiger partial charge in [0.1, 0.15) is 0 Å². The zero-order valence-corrected chi connectivity index (χ0v) is 18.7. The van der Waals surface area contributed by atoms with Gasteiger partial charge in [0.15, 0.2) is 11.5 Å². The molecule has 3 aliphatic heterocycles. The molecule has 0 aromatic heterocycles. The van der Waals surface area contributed by atoms with E-state index in [-0.39, 0.29) is 5.25 Å². The Hall–Kier alpha value is -1.31. The molecule has 3 atom stereocenters. The van der Waals surface area contributed by atoms with E-state index in [1.54, 1.807) is 18.2 Å². The molecule has 0 radical (unpaired) electrons. The third kappa shape index (κ3) is 4.42. The quantitative estimate of drug-likeness (QED) is 0.705. The first-order valence-electron chi connectivity index (χ1n) is 11.0. The minimum atomic E-state index is -3.14. The van der Waals surface area contributed by atoms with E-state index in [0.29, 0.717) is 37.8 Å². The van der Waals surface area contributed by atoms with E-state index in [4.69, 9.17) is 9.47 Å². The number of piperidine rings is 2. The van der Waals surface area contributed by atoms with E-state index < -0.39 is 10.0 Å². The van der Waals surface area contributed by atoms with Crippen LogP contribution in [-0.4, -0.2) is 61.9 Å². The standard InChI is InChI=1S/C22H34N2O4S/c1-16(2)29(25,26)24-10-8-20-19(14-24)5-4-9-23(20)13-17(3)11-18-6-7-21-22(12-18)28-15-27-21/h6-7,12,16-17,19-20H,4-5,8-11,13-15H2,1-3H3/t17?,19-,20-/m1/s1. The summed E-state index contributed by atoms with van der Waals surface area (Å²) < 4.78 is 37.9. The second kappa shape index (κ2) is 8.44. The predicted molar refractivity (Wildman–Crippen MR) is 114 cm³/mol. The lowest BCUT2D eigenvalue weighted by atomic mass is 9.84. The van der Waals surface area contributed by atoms with Crippen molar-refractivity contribution in [2.75, 3.05) is 33.0 Å². The van der Waals surface area contributed by atoms with Gasteiger partial charge >= 0.3 is 0 Å². The molecule has 4 rings (SSSR count). The van der Waals surface area contributed by atoms with Crippen LogP contribution < -0.4 is 9.47 Å². The van der Waals surface area contributed by atoms with Crippen LogP contribution in [0.5, 0.6) is 11.5 Å². The predicted octanol–water partition coefficient (Wildman–Crippen LogP) is 3.12. The van der Waals surface area contributed by atoms with E-state index in [2.05, 4.69) is 24.0 Å². The van der Waals surface area contributed by atoms with Crippen molar-refractivity contribution < 1.29 is 17.9 Å². The molecule has 2 saturated heterocycles. The maximum absolute atomic E-state index is 12.6. The molecule has 0 saturated carbocycles. The highest BCUT2D eigenvalue weighted by Crippen LogP contribution is 2.35. The van der Waals surface area contributed by atoms with Crippen molar-refractivity contribution in [1.29, 1.82) is 0 Å². The van der Waals surface area contributed by atoms with Gasteiger partial charge in [-0.2, -0.15) is 0 Å². The molecule has 1 unspecified atom stereocenters. The Morgan fingerprint density at radius 1 is 1.10 bits per heavy atom. The first-order valence-corrected chi connectivity index (χ1v) is 12.5. The number of fused-ring (bicyclic) bond motifs is 2. The summed E-state index contributed by atoms with van der Waals surface area (Å²) in [6.45, 7) is 9.74. The zero-order chi connectivity index (χ0) is 20.6. The molecule has 1 aromatic carbocycles. The van der Waals surface area contributed by atoms with Crippen molar-refractivity contribution in [2.45, 2.75) is 57.7 Å². The summed E-state index contributed by atoms with van der Waals surface area (Å²) >= 11 is 0. The van der Waals surface area contributed by atoms with Gasteiger partial charge in [-0.1, -0.05) is 13.0 Å². The number of rotatable bonds is 6. The van der Waals surface area contributed by atoms with Crippen molar-refractivity contribution >= 4 is 10.0 Å². The highest BCUT2D eigenvalue weighted by Gasteiger charge is 2.40. The van der Waals surface area contributed by atoms with E-state index in [1.165, 1.54) is 5.56 Å². The molecule has 0 N–H and O–H groups in total. The summed E-state index contributed by atoms with van der Waals surface area (Å²) in [5.74, 6) is 2.69. The fourth-order valence-corrected chi connectivity index (χ4v) is 6.52. The van der Waals surface area contributed by atoms with Crippen LogP contribution in [0.4, 0.5) is 0 Å². The molecule has 0 aliphatic carbocycles. The van der Waals surface area contributed by atoms with Crippen molar-refractivity contribution in [2.24, 2.45) is 11.8 Å². The number of hydrogen-bond donors (Lipinski definition) is 0. The van der Waals surface area contributed by atoms with Gasteiger partial charge in [-0.15, -0.1) is 0 Å². The number of hydrogen-bond acceptors (Lipinski definition) is 5. The van der Waals surface area contributed by atoms with Gasteiger partial charge in [-0.05, 0) is 75.6 Å². The van der Waals surface area contributed by atoms with Crippen LogP contribution >= 0.6 is 0 Å². The van der Waals surface area contributed by atoms with E-state index in [0.717, 1.165) is 50.3 Å². The molecule has 0 spiro atoms. The van der Waals surface area contributed by atoms with Gasteiger partial charge in [0.05, 0.1) is 5.25 Å². The molecule has 6 nitrogen and oxygen atoms in total. The van der Waals surface area contributed by atoms with Crippen LogP contribution in [-0.2, 0) is 16.4 Å². The van der Waals surface area contributed by atoms with E-state index in [1.807, 2.05) is 6.07 Å². The average molecular weight is 423 g/mol. The molecule has 162 valence electrons. The Balaban J connectivity index is 1.36. The first kappa shape index (κ1) is 20.9. The molecule has 3 aliphatic rings. The van der Waals surface area contributed by atoms with Crippen molar-refractivity contribution in [3.05, 3.63) is 23.8 Å². The van der Waals surface area contributed by atoms with Crippen molar-refractivity contribution in [3.63, 3.8) is 0 Å². The zero-order valence-electron chi connectivity index (χ0n) is 17.8. The number of nitrogens with zero attached hydrogens (tertiary/aromatic N) is 2. The lowest BCUT2D eigenvalue weighted by molar-refractivity contribution is 0.0375. The summed E-state index contributed by atoms with van der Waals surface area (Å²) in [5.41, 5.74) is 1.29. The summed E-state index contributed by atoms with van der Waals surface area (Å²) in [4.78, 5) is 2.63. The maximum atomic E-state index is 12.6. The van der Waals surface area contributed by atoms with Gasteiger partial charge < -0.3 is 9.47 Å². The summed E-state index contributed by atoms with van der Waals surface area (Å²) in [6, 6.07) is 6.76. The van der Waals surface area contributed by atoms with Gasteiger partial charge in [-0.3, -0.25) is 4.90 Å². The SMILES string of the molecule is CC(Cc1ccc2c(c1)OCO2)CN1CCC[C@@H]2CN(S(=O)(=O)C(C)C)CC[C@H]21. The second-order valence-electron chi connectivity index (χ2n) is 9.20. The van der Waals surface area contributed by atoms with Crippen LogP contribution in [0.3, 0.4) is 0 Å². The highest BCUT2D eigenvalue weighted by molar-refractivity contribution is 7.89. The molecule has 29 heavy (non-hydrogen) atoms. The second-order valence-corrected chi connectivity index (χ2v) is 11.7. The Bertz CT molecular complexity index is 826. The lowest BCUT2D eigenvalue weighted by Gasteiger charge is -2.47. The van der Waals surface area contributed by atoms with Crippen molar-refractivity contribution in [1.82, 2.24) is 9.21 Å². The van der Waals surface area contributed by atoms with Gasteiger partial charge in [0.2, 0.25) is 16.8 Å². The molecule has 0 bridgehead atoms.